The summed E-state index contributed by atoms with van der Waals surface area (Å²) in [6.07, 6.45) is 9.42. The zero-order chi connectivity index (χ0) is 20.7. The van der Waals surface area contributed by atoms with Crippen LogP contribution in [-0.2, 0) is 18.5 Å². The number of rotatable bonds is 8. The number of aromatic nitrogens is 2. The van der Waals surface area contributed by atoms with Crippen LogP contribution in [0.5, 0.6) is 0 Å². The van der Waals surface area contributed by atoms with Crippen LogP contribution in [0.15, 0.2) is 78.3 Å². The van der Waals surface area contributed by atoms with Gasteiger partial charge >= 0.3 is 0 Å². The van der Waals surface area contributed by atoms with E-state index in [9.17, 15) is 0 Å². The van der Waals surface area contributed by atoms with Crippen LogP contribution >= 0.6 is 0 Å². The van der Waals surface area contributed by atoms with Gasteiger partial charge in [-0.3, -0.25) is 0 Å². The molecular formula is C25H31N5. The summed E-state index contributed by atoms with van der Waals surface area (Å²) < 4.78 is 2.08. The first kappa shape index (κ1) is 20.2. The molecule has 0 unspecified atom stereocenters. The van der Waals surface area contributed by atoms with E-state index in [4.69, 9.17) is 4.99 Å². The Labute approximate surface area is 179 Å². The van der Waals surface area contributed by atoms with Crippen molar-refractivity contribution in [3.8, 4) is 0 Å². The number of nitrogens with one attached hydrogen (secondary N) is 2. The molecular weight excluding hydrogens is 370 g/mol. The summed E-state index contributed by atoms with van der Waals surface area (Å²) >= 11 is 0. The number of nitrogens with zero attached hydrogens (tertiary/aromatic N) is 3. The second-order valence-electron chi connectivity index (χ2n) is 8.10. The van der Waals surface area contributed by atoms with Gasteiger partial charge in [-0.25, -0.2) is 9.98 Å². The fourth-order valence-corrected chi connectivity index (χ4v) is 4.15. The molecule has 0 saturated heterocycles. The average Bonchev–Trinajstić information content (AvgIpc) is 3.25. The lowest BCUT2D eigenvalue weighted by Gasteiger charge is -2.43. The van der Waals surface area contributed by atoms with Crippen LogP contribution in [-0.4, -0.2) is 28.6 Å². The van der Waals surface area contributed by atoms with Crippen LogP contribution in [0.3, 0.4) is 0 Å². The number of hydrogen-bond donors (Lipinski definition) is 2. The Balaban J connectivity index is 1.40. The van der Waals surface area contributed by atoms with Gasteiger partial charge in [-0.1, -0.05) is 61.0 Å². The fraction of sp³-hybridized carbons (Fsp3) is 0.360. The van der Waals surface area contributed by atoms with Crippen molar-refractivity contribution in [1.82, 2.24) is 20.2 Å². The Morgan fingerprint density at radius 3 is 2.60 bits per heavy atom. The van der Waals surface area contributed by atoms with Gasteiger partial charge in [0.2, 0.25) is 0 Å². The maximum absolute atomic E-state index is 4.85. The van der Waals surface area contributed by atoms with E-state index in [2.05, 4.69) is 81.7 Å². The van der Waals surface area contributed by atoms with Crippen LogP contribution in [0.2, 0.25) is 0 Å². The molecule has 1 aromatic heterocycles. The Bertz CT molecular complexity index is 943. The van der Waals surface area contributed by atoms with Crippen molar-refractivity contribution in [2.45, 2.75) is 44.7 Å². The molecule has 0 aliphatic heterocycles. The topological polar surface area (TPSA) is 54.2 Å². The lowest BCUT2D eigenvalue weighted by atomic mass is 9.64. The van der Waals surface area contributed by atoms with E-state index in [-0.39, 0.29) is 5.41 Å². The van der Waals surface area contributed by atoms with Crippen molar-refractivity contribution in [3.05, 3.63) is 90.0 Å². The predicted molar refractivity (Wildman–Crippen MR) is 123 cm³/mol. The molecule has 3 aromatic rings. The number of benzene rings is 2. The smallest absolute Gasteiger partial charge is 0.191 e. The Morgan fingerprint density at radius 1 is 1.07 bits per heavy atom. The van der Waals surface area contributed by atoms with E-state index >= 15 is 0 Å². The minimum absolute atomic E-state index is 0.238. The summed E-state index contributed by atoms with van der Waals surface area (Å²) in [4.78, 5) is 8.97. The Hall–Kier alpha value is -3.08. The summed E-state index contributed by atoms with van der Waals surface area (Å²) in [6, 6.07) is 19.5. The molecule has 1 aliphatic carbocycles. The molecule has 2 N–H and O–H groups in total. The normalized spacial score (nSPS) is 15.4. The minimum Gasteiger partial charge on any atom is -0.357 e. The second kappa shape index (κ2) is 9.61. The van der Waals surface area contributed by atoms with E-state index in [1.165, 1.54) is 36.0 Å². The maximum Gasteiger partial charge on any atom is 0.191 e. The molecule has 5 nitrogen and oxygen atoms in total. The third-order valence-corrected chi connectivity index (χ3v) is 5.97. The largest absolute Gasteiger partial charge is 0.357 e. The molecule has 2 aromatic carbocycles. The van der Waals surface area contributed by atoms with Gasteiger partial charge < -0.3 is 15.2 Å². The molecule has 30 heavy (non-hydrogen) atoms. The van der Waals surface area contributed by atoms with Crippen molar-refractivity contribution >= 4 is 5.96 Å². The van der Waals surface area contributed by atoms with Gasteiger partial charge in [-0.05, 0) is 36.5 Å². The molecule has 4 rings (SSSR count). The van der Waals surface area contributed by atoms with Gasteiger partial charge in [0.25, 0.3) is 0 Å². The third-order valence-electron chi connectivity index (χ3n) is 5.97. The van der Waals surface area contributed by atoms with E-state index in [1.54, 1.807) is 0 Å². The van der Waals surface area contributed by atoms with Gasteiger partial charge in [-0.2, -0.15) is 0 Å². The Kier molecular flexibility index (Phi) is 6.47. The van der Waals surface area contributed by atoms with E-state index in [0.717, 1.165) is 25.6 Å². The number of aliphatic imine (C=N–C) groups is 1. The highest BCUT2D eigenvalue weighted by Gasteiger charge is 2.38. The fourth-order valence-electron chi connectivity index (χ4n) is 4.15. The average molecular weight is 402 g/mol. The molecule has 156 valence electrons. The molecule has 0 radical (unpaired) electrons. The first-order valence-electron chi connectivity index (χ1n) is 10.9. The SMILES string of the molecule is CCNC(=NCc1cccc(Cn2ccnc2)c1)NCC1(c2ccccc2)CCC1. The van der Waals surface area contributed by atoms with E-state index in [1.807, 2.05) is 18.7 Å². The minimum atomic E-state index is 0.238. The highest BCUT2D eigenvalue weighted by molar-refractivity contribution is 5.79. The molecule has 1 aliphatic rings. The zero-order valence-electron chi connectivity index (χ0n) is 17.7. The number of guanidine groups is 1. The van der Waals surface area contributed by atoms with Gasteiger partial charge in [0.15, 0.2) is 5.96 Å². The van der Waals surface area contributed by atoms with Gasteiger partial charge in [0, 0.05) is 37.4 Å². The van der Waals surface area contributed by atoms with E-state index < -0.39 is 0 Å². The molecule has 0 spiro atoms. The molecule has 0 bridgehead atoms. The maximum atomic E-state index is 4.85. The molecule has 5 heteroatoms. The van der Waals surface area contributed by atoms with Gasteiger partial charge in [0.1, 0.15) is 0 Å². The highest BCUT2D eigenvalue weighted by atomic mass is 15.2. The van der Waals surface area contributed by atoms with Crippen molar-refractivity contribution in [1.29, 1.82) is 0 Å². The predicted octanol–water partition coefficient (Wildman–Crippen LogP) is 4.11. The second-order valence-corrected chi connectivity index (χ2v) is 8.10. The van der Waals surface area contributed by atoms with Crippen molar-refractivity contribution in [3.63, 3.8) is 0 Å². The lowest BCUT2D eigenvalue weighted by molar-refractivity contribution is 0.244. The standard InChI is InChI=1S/C25H31N5/c1-2-27-24(29-19-25(12-7-13-25)23-10-4-3-5-11-23)28-17-21-8-6-9-22(16-21)18-30-15-14-26-20-30/h3-6,8-11,14-16,20H,2,7,12-13,17-19H2,1H3,(H2,27,28,29). The van der Waals surface area contributed by atoms with Crippen LogP contribution < -0.4 is 10.6 Å². The van der Waals surface area contributed by atoms with Gasteiger partial charge in [-0.15, -0.1) is 0 Å². The monoisotopic (exact) mass is 401 g/mol. The first-order valence-corrected chi connectivity index (χ1v) is 10.9. The quantitative estimate of drug-likeness (QED) is 0.441. The lowest BCUT2D eigenvalue weighted by Crippen LogP contribution is -2.48. The van der Waals surface area contributed by atoms with Crippen LogP contribution in [0.25, 0.3) is 0 Å². The van der Waals surface area contributed by atoms with E-state index in [0.29, 0.717) is 6.54 Å². The molecule has 1 heterocycles. The van der Waals surface area contributed by atoms with Crippen molar-refractivity contribution in [2.24, 2.45) is 4.99 Å². The molecule has 0 amide bonds. The summed E-state index contributed by atoms with van der Waals surface area (Å²) in [6.45, 7) is 5.37. The molecule has 0 atom stereocenters. The summed E-state index contributed by atoms with van der Waals surface area (Å²) in [5.41, 5.74) is 4.15. The van der Waals surface area contributed by atoms with Crippen LogP contribution in [0, 0.1) is 0 Å². The van der Waals surface area contributed by atoms with Crippen LogP contribution in [0.1, 0.15) is 42.9 Å². The van der Waals surface area contributed by atoms with Crippen molar-refractivity contribution < 1.29 is 0 Å². The summed E-state index contributed by atoms with van der Waals surface area (Å²) in [7, 11) is 0. The zero-order valence-corrected chi connectivity index (χ0v) is 17.7. The third kappa shape index (κ3) is 4.90. The first-order chi connectivity index (χ1) is 14.8. The summed E-state index contributed by atoms with van der Waals surface area (Å²) in [5.74, 6) is 0.889. The number of imidazole rings is 1. The highest BCUT2D eigenvalue weighted by Crippen LogP contribution is 2.43. The van der Waals surface area contributed by atoms with Crippen LogP contribution in [0.4, 0.5) is 0 Å². The molecule has 1 fully saturated rings. The molecule has 1 saturated carbocycles. The Morgan fingerprint density at radius 2 is 1.90 bits per heavy atom. The van der Waals surface area contributed by atoms with Crippen molar-refractivity contribution in [2.75, 3.05) is 13.1 Å². The van der Waals surface area contributed by atoms with Gasteiger partial charge in [0.05, 0.1) is 12.9 Å². The number of hydrogen-bond acceptors (Lipinski definition) is 2. The summed E-state index contributed by atoms with van der Waals surface area (Å²) in [5, 5.41) is 7.01.